The normalized spacial score (nSPS) is 18.6. The fourth-order valence-corrected chi connectivity index (χ4v) is 2.77. The summed E-state index contributed by atoms with van der Waals surface area (Å²) in [6, 6.07) is 2.80. The van der Waals surface area contributed by atoms with E-state index in [0.29, 0.717) is 6.04 Å². The van der Waals surface area contributed by atoms with Gasteiger partial charge in [0.05, 0.1) is 0 Å². The Morgan fingerprint density at radius 3 is 2.47 bits per heavy atom. The summed E-state index contributed by atoms with van der Waals surface area (Å²) in [5.41, 5.74) is 2.84. The third-order valence-electron chi connectivity index (χ3n) is 3.98. The predicted molar refractivity (Wildman–Crippen MR) is 81.8 cm³/mol. The van der Waals surface area contributed by atoms with Crippen molar-refractivity contribution >= 4 is 5.82 Å². The second kappa shape index (κ2) is 5.49. The number of hydrogen-bond donors (Lipinski definition) is 1. The van der Waals surface area contributed by atoms with Gasteiger partial charge in [0, 0.05) is 12.2 Å². The summed E-state index contributed by atoms with van der Waals surface area (Å²) in [6.45, 7) is 11.3. The lowest BCUT2D eigenvalue weighted by Gasteiger charge is -2.30. The molecule has 0 unspecified atom stereocenters. The van der Waals surface area contributed by atoms with Gasteiger partial charge in [-0.15, -0.1) is 0 Å². The quantitative estimate of drug-likeness (QED) is 0.886. The number of pyridine rings is 1. The Bertz CT molecular complexity index is 426. The number of likely N-dealkylation sites (tertiary alicyclic amines) is 1. The zero-order valence-corrected chi connectivity index (χ0v) is 13.0. The number of aromatic nitrogens is 1. The van der Waals surface area contributed by atoms with Crippen LogP contribution in [0.15, 0.2) is 12.3 Å². The zero-order valence-electron chi connectivity index (χ0n) is 13.0. The van der Waals surface area contributed by atoms with Gasteiger partial charge in [-0.3, -0.25) is 0 Å². The van der Waals surface area contributed by atoms with E-state index in [1.807, 2.05) is 6.20 Å². The van der Waals surface area contributed by atoms with E-state index in [1.54, 1.807) is 0 Å². The fourth-order valence-electron chi connectivity index (χ4n) is 2.77. The van der Waals surface area contributed by atoms with Crippen LogP contribution in [0.4, 0.5) is 5.82 Å². The van der Waals surface area contributed by atoms with E-state index in [1.165, 1.54) is 37.1 Å². The summed E-state index contributed by atoms with van der Waals surface area (Å²) in [6.07, 6.45) is 4.41. The first-order valence-electron chi connectivity index (χ1n) is 7.28. The molecule has 1 fully saturated rings. The van der Waals surface area contributed by atoms with Crippen molar-refractivity contribution in [1.82, 2.24) is 9.88 Å². The monoisotopic (exact) mass is 261 g/mol. The second-order valence-electron chi connectivity index (χ2n) is 6.86. The van der Waals surface area contributed by atoms with Crippen molar-refractivity contribution in [1.29, 1.82) is 0 Å². The van der Waals surface area contributed by atoms with E-state index < -0.39 is 0 Å². The first-order valence-corrected chi connectivity index (χ1v) is 7.28. The molecule has 1 aliphatic heterocycles. The summed E-state index contributed by atoms with van der Waals surface area (Å²) in [7, 11) is 2.19. The molecule has 106 valence electrons. The SMILES string of the molecule is Cc1cnc(NC2CCN(C)CC2)cc1C(C)(C)C. The molecule has 0 bridgehead atoms. The summed E-state index contributed by atoms with van der Waals surface area (Å²) in [5, 5.41) is 3.60. The van der Waals surface area contributed by atoms with Crippen LogP contribution in [-0.2, 0) is 5.41 Å². The Balaban J connectivity index is 2.09. The first-order chi connectivity index (χ1) is 8.86. The van der Waals surface area contributed by atoms with E-state index in [-0.39, 0.29) is 5.41 Å². The number of nitrogens with zero attached hydrogens (tertiary/aromatic N) is 2. The van der Waals surface area contributed by atoms with Crippen LogP contribution in [0.25, 0.3) is 0 Å². The molecule has 0 amide bonds. The molecule has 1 saturated heterocycles. The van der Waals surface area contributed by atoms with Gasteiger partial charge in [-0.2, -0.15) is 0 Å². The molecule has 2 heterocycles. The number of piperidine rings is 1. The highest BCUT2D eigenvalue weighted by atomic mass is 15.1. The third kappa shape index (κ3) is 3.69. The van der Waals surface area contributed by atoms with Gasteiger partial charge in [0.25, 0.3) is 0 Å². The largest absolute Gasteiger partial charge is 0.367 e. The topological polar surface area (TPSA) is 28.2 Å². The lowest BCUT2D eigenvalue weighted by molar-refractivity contribution is 0.263. The first kappa shape index (κ1) is 14.3. The number of hydrogen-bond acceptors (Lipinski definition) is 3. The standard InChI is InChI=1S/C16H27N3/c1-12-11-17-15(10-14(12)16(2,3)4)18-13-6-8-19(5)9-7-13/h10-11,13H,6-9H2,1-5H3,(H,17,18). The Morgan fingerprint density at radius 1 is 1.26 bits per heavy atom. The highest BCUT2D eigenvalue weighted by Gasteiger charge is 2.20. The molecule has 3 heteroatoms. The van der Waals surface area contributed by atoms with E-state index in [9.17, 15) is 0 Å². The summed E-state index contributed by atoms with van der Waals surface area (Å²) in [5.74, 6) is 1.03. The Kier molecular flexibility index (Phi) is 4.14. The van der Waals surface area contributed by atoms with E-state index >= 15 is 0 Å². The molecule has 0 atom stereocenters. The van der Waals surface area contributed by atoms with Crippen LogP contribution >= 0.6 is 0 Å². The van der Waals surface area contributed by atoms with Crippen molar-refractivity contribution in [3.05, 3.63) is 23.4 Å². The highest BCUT2D eigenvalue weighted by Crippen LogP contribution is 2.27. The highest BCUT2D eigenvalue weighted by molar-refractivity contribution is 5.44. The van der Waals surface area contributed by atoms with E-state index in [0.717, 1.165) is 5.82 Å². The summed E-state index contributed by atoms with van der Waals surface area (Å²) >= 11 is 0. The molecule has 1 aromatic heterocycles. The molecule has 0 saturated carbocycles. The van der Waals surface area contributed by atoms with Crippen molar-refractivity contribution in [2.24, 2.45) is 0 Å². The van der Waals surface area contributed by atoms with Gasteiger partial charge in [0.2, 0.25) is 0 Å². The van der Waals surface area contributed by atoms with Crippen molar-refractivity contribution in [2.45, 2.75) is 52.0 Å². The Morgan fingerprint density at radius 2 is 1.89 bits per heavy atom. The third-order valence-corrected chi connectivity index (χ3v) is 3.98. The maximum absolute atomic E-state index is 4.54. The van der Waals surface area contributed by atoms with Gasteiger partial charge < -0.3 is 10.2 Å². The van der Waals surface area contributed by atoms with Crippen LogP contribution in [0.2, 0.25) is 0 Å². The average molecular weight is 261 g/mol. The van der Waals surface area contributed by atoms with Crippen molar-refractivity contribution in [3.8, 4) is 0 Å². The minimum atomic E-state index is 0.177. The molecular formula is C16H27N3. The van der Waals surface area contributed by atoms with E-state index in [2.05, 4.69) is 56.0 Å². The van der Waals surface area contributed by atoms with E-state index in [4.69, 9.17) is 0 Å². The van der Waals surface area contributed by atoms with Crippen molar-refractivity contribution in [2.75, 3.05) is 25.5 Å². The summed E-state index contributed by atoms with van der Waals surface area (Å²) < 4.78 is 0. The minimum absolute atomic E-state index is 0.177. The van der Waals surface area contributed by atoms with Gasteiger partial charge in [-0.1, -0.05) is 20.8 Å². The molecule has 0 aliphatic carbocycles. The van der Waals surface area contributed by atoms with Gasteiger partial charge >= 0.3 is 0 Å². The lowest BCUT2D eigenvalue weighted by atomic mass is 9.85. The second-order valence-corrected chi connectivity index (χ2v) is 6.86. The van der Waals surface area contributed by atoms with Crippen LogP contribution in [0.1, 0.15) is 44.7 Å². The molecule has 2 rings (SSSR count). The van der Waals surface area contributed by atoms with Crippen molar-refractivity contribution in [3.63, 3.8) is 0 Å². The van der Waals surface area contributed by atoms with Crippen LogP contribution in [0.3, 0.4) is 0 Å². The fraction of sp³-hybridized carbons (Fsp3) is 0.688. The minimum Gasteiger partial charge on any atom is -0.367 e. The molecule has 1 aromatic rings. The predicted octanol–water partition coefficient (Wildman–Crippen LogP) is 3.19. The van der Waals surface area contributed by atoms with Crippen LogP contribution in [-0.4, -0.2) is 36.1 Å². The van der Waals surface area contributed by atoms with Crippen LogP contribution < -0.4 is 5.32 Å². The van der Waals surface area contributed by atoms with Gasteiger partial charge in [0.15, 0.2) is 0 Å². The van der Waals surface area contributed by atoms with Crippen molar-refractivity contribution < 1.29 is 0 Å². The Labute approximate surface area is 117 Å². The number of anilines is 1. The van der Waals surface area contributed by atoms with Crippen LogP contribution in [0, 0.1) is 6.92 Å². The average Bonchev–Trinajstić information content (AvgIpc) is 2.33. The van der Waals surface area contributed by atoms with Gasteiger partial charge in [0.1, 0.15) is 5.82 Å². The Hall–Kier alpha value is -1.09. The molecule has 0 radical (unpaired) electrons. The molecular weight excluding hydrogens is 234 g/mol. The molecule has 1 N–H and O–H groups in total. The molecule has 19 heavy (non-hydrogen) atoms. The van der Waals surface area contributed by atoms with Gasteiger partial charge in [-0.25, -0.2) is 4.98 Å². The maximum Gasteiger partial charge on any atom is 0.126 e. The molecule has 3 nitrogen and oxygen atoms in total. The maximum atomic E-state index is 4.54. The number of nitrogens with one attached hydrogen (secondary N) is 1. The smallest absolute Gasteiger partial charge is 0.126 e. The molecule has 1 aliphatic rings. The number of rotatable bonds is 2. The van der Waals surface area contributed by atoms with Gasteiger partial charge in [-0.05, 0) is 62.5 Å². The number of aryl methyl sites for hydroxylation is 1. The zero-order chi connectivity index (χ0) is 14.0. The lowest BCUT2D eigenvalue weighted by Crippen LogP contribution is -2.36. The summed E-state index contributed by atoms with van der Waals surface area (Å²) in [4.78, 5) is 6.93. The molecule has 0 aromatic carbocycles. The van der Waals surface area contributed by atoms with Crippen LogP contribution in [0.5, 0.6) is 0 Å². The molecule has 0 spiro atoms.